The molecular formula is C12H9FN2O. The normalized spacial score (nSPS) is 10.1. The fraction of sp³-hybridized carbons (Fsp3) is 0. The number of rotatable bonds is 2. The largest absolute Gasteiger partial charge is 0.397 e. The van der Waals surface area contributed by atoms with Crippen LogP contribution in [0.15, 0.2) is 36.4 Å². The number of hydrogen-bond acceptors (Lipinski definition) is 3. The monoisotopic (exact) mass is 216 g/mol. The first-order valence-electron chi connectivity index (χ1n) is 4.68. The Morgan fingerprint density at radius 1 is 1.12 bits per heavy atom. The van der Waals surface area contributed by atoms with Gasteiger partial charge in [-0.1, -0.05) is 0 Å². The number of pyridine rings is 1. The quantitative estimate of drug-likeness (QED) is 0.783. The zero-order valence-corrected chi connectivity index (χ0v) is 8.35. The van der Waals surface area contributed by atoms with Gasteiger partial charge in [0.2, 0.25) is 0 Å². The number of halogens is 1. The highest BCUT2D eigenvalue weighted by Gasteiger charge is 2.04. The summed E-state index contributed by atoms with van der Waals surface area (Å²) in [5, 5.41) is 0. The molecule has 2 rings (SSSR count). The lowest BCUT2D eigenvalue weighted by Gasteiger charge is -2.03. The number of hydrogen-bond donors (Lipinski definition) is 1. The van der Waals surface area contributed by atoms with Crippen LogP contribution in [0, 0.1) is 5.82 Å². The van der Waals surface area contributed by atoms with E-state index in [4.69, 9.17) is 5.73 Å². The molecule has 0 atom stereocenters. The van der Waals surface area contributed by atoms with Crippen LogP contribution in [0.5, 0.6) is 0 Å². The van der Waals surface area contributed by atoms with Gasteiger partial charge in [-0.2, -0.15) is 0 Å². The van der Waals surface area contributed by atoms with Crippen molar-refractivity contribution in [2.45, 2.75) is 0 Å². The molecule has 2 aromatic rings. The molecule has 2 N–H and O–H groups in total. The fourth-order valence-electron chi connectivity index (χ4n) is 1.36. The summed E-state index contributed by atoms with van der Waals surface area (Å²) >= 11 is 0. The molecule has 0 saturated heterocycles. The third kappa shape index (κ3) is 1.91. The Balaban J connectivity index is 2.48. The van der Waals surface area contributed by atoms with Crippen LogP contribution in [0.3, 0.4) is 0 Å². The lowest BCUT2D eigenvalue weighted by molar-refractivity contribution is 0.112. The number of anilines is 1. The van der Waals surface area contributed by atoms with Crippen molar-refractivity contribution in [3.8, 4) is 11.3 Å². The molecule has 0 spiro atoms. The van der Waals surface area contributed by atoms with Crippen molar-refractivity contribution in [2.75, 3.05) is 5.73 Å². The van der Waals surface area contributed by atoms with Gasteiger partial charge in [0, 0.05) is 5.56 Å². The Morgan fingerprint density at radius 3 is 2.44 bits per heavy atom. The Hall–Kier alpha value is -2.23. The molecule has 0 aliphatic rings. The topological polar surface area (TPSA) is 56.0 Å². The van der Waals surface area contributed by atoms with E-state index in [2.05, 4.69) is 4.98 Å². The van der Waals surface area contributed by atoms with Crippen LogP contribution in [-0.2, 0) is 0 Å². The summed E-state index contributed by atoms with van der Waals surface area (Å²) < 4.78 is 12.7. The number of nitrogens with two attached hydrogens (primary N) is 1. The second kappa shape index (κ2) is 4.10. The van der Waals surface area contributed by atoms with E-state index in [0.717, 1.165) is 5.56 Å². The van der Waals surface area contributed by atoms with Crippen LogP contribution in [0.25, 0.3) is 11.3 Å². The summed E-state index contributed by atoms with van der Waals surface area (Å²) in [6, 6.07) is 9.18. The molecule has 0 amide bonds. The van der Waals surface area contributed by atoms with Gasteiger partial charge in [-0.25, -0.2) is 9.37 Å². The van der Waals surface area contributed by atoms with Gasteiger partial charge in [-0.05, 0) is 36.4 Å². The van der Waals surface area contributed by atoms with E-state index in [1.165, 1.54) is 12.1 Å². The smallest absolute Gasteiger partial charge is 0.170 e. The average molecular weight is 216 g/mol. The number of benzene rings is 1. The molecule has 0 bridgehead atoms. The van der Waals surface area contributed by atoms with Gasteiger partial charge in [0.05, 0.1) is 11.4 Å². The van der Waals surface area contributed by atoms with Crippen LogP contribution in [0.2, 0.25) is 0 Å². The molecule has 1 aromatic carbocycles. The molecule has 1 aromatic heterocycles. The molecule has 3 nitrogen and oxygen atoms in total. The van der Waals surface area contributed by atoms with E-state index in [1.807, 2.05) is 0 Å². The van der Waals surface area contributed by atoms with Gasteiger partial charge >= 0.3 is 0 Å². The third-order valence-corrected chi connectivity index (χ3v) is 2.21. The average Bonchev–Trinajstić information content (AvgIpc) is 2.31. The SMILES string of the molecule is Nc1ccc(-c2ccc(F)cc2)nc1C=O. The molecule has 0 saturated carbocycles. The second-order valence-corrected chi connectivity index (χ2v) is 3.30. The molecule has 0 radical (unpaired) electrons. The van der Waals surface area contributed by atoms with Crippen molar-refractivity contribution >= 4 is 12.0 Å². The minimum atomic E-state index is -0.310. The Labute approximate surface area is 91.7 Å². The van der Waals surface area contributed by atoms with Crippen molar-refractivity contribution < 1.29 is 9.18 Å². The highest BCUT2D eigenvalue weighted by molar-refractivity contribution is 5.81. The predicted molar refractivity (Wildman–Crippen MR) is 59.4 cm³/mol. The van der Waals surface area contributed by atoms with Crippen molar-refractivity contribution in [1.29, 1.82) is 0 Å². The van der Waals surface area contributed by atoms with E-state index in [9.17, 15) is 9.18 Å². The Morgan fingerprint density at radius 2 is 1.81 bits per heavy atom. The number of aldehydes is 1. The minimum absolute atomic E-state index is 0.196. The zero-order valence-electron chi connectivity index (χ0n) is 8.35. The first kappa shape index (κ1) is 10.3. The summed E-state index contributed by atoms with van der Waals surface area (Å²) in [6.07, 6.45) is 0.600. The highest BCUT2D eigenvalue weighted by atomic mass is 19.1. The van der Waals surface area contributed by atoms with E-state index in [-0.39, 0.29) is 11.5 Å². The van der Waals surface area contributed by atoms with Gasteiger partial charge in [0.1, 0.15) is 11.5 Å². The molecule has 16 heavy (non-hydrogen) atoms. The highest BCUT2D eigenvalue weighted by Crippen LogP contribution is 2.19. The maximum atomic E-state index is 12.7. The maximum absolute atomic E-state index is 12.7. The van der Waals surface area contributed by atoms with Crippen molar-refractivity contribution in [2.24, 2.45) is 0 Å². The van der Waals surface area contributed by atoms with Gasteiger partial charge in [-0.15, -0.1) is 0 Å². The number of nitrogens with zero attached hydrogens (tertiary/aromatic N) is 1. The maximum Gasteiger partial charge on any atom is 0.170 e. The molecule has 0 unspecified atom stereocenters. The second-order valence-electron chi connectivity index (χ2n) is 3.30. The lowest BCUT2D eigenvalue weighted by atomic mass is 10.1. The summed E-state index contributed by atoms with van der Waals surface area (Å²) in [5.74, 6) is -0.310. The molecule has 0 aliphatic carbocycles. The van der Waals surface area contributed by atoms with Crippen LogP contribution in [-0.4, -0.2) is 11.3 Å². The van der Waals surface area contributed by atoms with Gasteiger partial charge < -0.3 is 5.73 Å². The predicted octanol–water partition coefficient (Wildman–Crippen LogP) is 2.28. The molecule has 4 heteroatoms. The molecule has 0 fully saturated rings. The summed E-state index contributed by atoms with van der Waals surface area (Å²) in [4.78, 5) is 14.7. The van der Waals surface area contributed by atoms with Crippen LogP contribution in [0.1, 0.15) is 10.5 Å². The third-order valence-electron chi connectivity index (χ3n) is 2.21. The fourth-order valence-corrected chi connectivity index (χ4v) is 1.36. The van der Waals surface area contributed by atoms with E-state index in [0.29, 0.717) is 17.7 Å². The standard InChI is InChI=1S/C12H9FN2O/c13-9-3-1-8(2-4-9)11-6-5-10(14)12(7-16)15-11/h1-7H,14H2. The molecule has 1 heterocycles. The van der Waals surface area contributed by atoms with E-state index < -0.39 is 0 Å². The summed E-state index contributed by atoms with van der Waals surface area (Å²) in [7, 11) is 0. The zero-order chi connectivity index (χ0) is 11.5. The van der Waals surface area contributed by atoms with Crippen molar-refractivity contribution in [3.05, 3.63) is 47.9 Å². The number of carbonyl (C=O) groups is 1. The number of nitrogen functional groups attached to an aromatic ring is 1. The molecule has 80 valence electrons. The summed E-state index contributed by atoms with van der Waals surface area (Å²) in [5.41, 5.74) is 7.41. The number of aromatic nitrogens is 1. The van der Waals surface area contributed by atoms with Crippen molar-refractivity contribution in [1.82, 2.24) is 4.98 Å². The lowest BCUT2D eigenvalue weighted by Crippen LogP contribution is -1.97. The van der Waals surface area contributed by atoms with E-state index >= 15 is 0 Å². The van der Waals surface area contributed by atoms with Crippen LogP contribution in [0.4, 0.5) is 10.1 Å². The molecule has 0 aliphatic heterocycles. The van der Waals surface area contributed by atoms with Crippen molar-refractivity contribution in [3.63, 3.8) is 0 Å². The Bertz CT molecular complexity index is 523. The minimum Gasteiger partial charge on any atom is -0.397 e. The number of carbonyl (C=O) groups excluding carboxylic acids is 1. The van der Waals surface area contributed by atoms with Crippen LogP contribution < -0.4 is 5.73 Å². The van der Waals surface area contributed by atoms with Gasteiger partial charge in [0.15, 0.2) is 6.29 Å². The van der Waals surface area contributed by atoms with Gasteiger partial charge in [-0.3, -0.25) is 4.79 Å². The van der Waals surface area contributed by atoms with Gasteiger partial charge in [0.25, 0.3) is 0 Å². The first-order valence-corrected chi connectivity index (χ1v) is 4.68. The summed E-state index contributed by atoms with van der Waals surface area (Å²) in [6.45, 7) is 0. The molecular weight excluding hydrogens is 207 g/mol. The first-order chi connectivity index (χ1) is 7.70. The van der Waals surface area contributed by atoms with Crippen LogP contribution >= 0.6 is 0 Å². The Kier molecular flexibility index (Phi) is 2.64. The van der Waals surface area contributed by atoms with E-state index in [1.54, 1.807) is 24.3 Å².